The number of aromatic nitrogens is 1. The molecule has 1 heterocycles. The Kier molecular flexibility index (Phi) is 4.25. The summed E-state index contributed by atoms with van der Waals surface area (Å²) in [6.45, 7) is 3.91. The van der Waals surface area contributed by atoms with Crippen LogP contribution in [0.25, 0.3) is 0 Å². The summed E-state index contributed by atoms with van der Waals surface area (Å²) < 4.78 is 0. The zero-order valence-electron chi connectivity index (χ0n) is 11.6. The molecule has 0 bridgehead atoms. The van der Waals surface area contributed by atoms with E-state index in [4.69, 9.17) is 11.6 Å². The largest absolute Gasteiger partial charge is 0.372 e. The number of nitrogens with zero attached hydrogens (tertiary/aromatic N) is 1. The lowest BCUT2D eigenvalue weighted by molar-refractivity contribution is 0.102. The van der Waals surface area contributed by atoms with Crippen molar-refractivity contribution in [2.24, 2.45) is 0 Å². The van der Waals surface area contributed by atoms with Crippen molar-refractivity contribution < 1.29 is 4.79 Å². The molecule has 0 radical (unpaired) electrons. The Morgan fingerprint density at radius 2 is 1.90 bits per heavy atom. The molecular formula is C15H16ClN3O. The molecule has 1 aromatic heterocycles. The third kappa shape index (κ3) is 2.91. The number of pyridine rings is 1. The predicted molar refractivity (Wildman–Crippen MR) is 82.7 cm³/mol. The number of rotatable bonds is 3. The van der Waals surface area contributed by atoms with E-state index in [9.17, 15) is 4.79 Å². The highest BCUT2D eigenvalue weighted by Crippen LogP contribution is 2.22. The number of carbonyl (C=O) groups excluding carboxylic acids is 1. The van der Waals surface area contributed by atoms with E-state index in [0.717, 1.165) is 16.8 Å². The number of para-hydroxylation sites is 1. The zero-order valence-corrected chi connectivity index (χ0v) is 12.4. The fourth-order valence-corrected chi connectivity index (χ4v) is 2.20. The van der Waals surface area contributed by atoms with Crippen molar-refractivity contribution >= 4 is 29.0 Å². The summed E-state index contributed by atoms with van der Waals surface area (Å²) in [5.74, 6) is 0.328. The van der Waals surface area contributed by atoms with E-state index in [1.807, 2.05) is 32.0 Å². The first-order valence-corrected chi connectivity index (χ1v) is 6.61. The Balaban J connectivity index is 2.26. The third-order valence-electron chi connectivity index (χ3n) is 3.06. The molecule has 0 aliphatic heterocycles. The van der Waals surface area contributed by atoms with E-state index < -0.39 is 0 Å². The van der Waals surface area contributed by atoms with Crippen molar-refractivity contribution in [3.63, 3.8) is 0 Å². The summed E-state index contributed by atoms with van der Waals surface area (Å²) >= 11 is 6.03. The van der Waals surface area contributed by atoms with Crippen LogP contribution in [0.4, 0.5) is 11.5 Å². The lowest BCUT2D eigenvalue weighted by Gasteiger charge is -2.12. The van der Waals surface area contributed by atoms with Crippen LogP contribution >= 0.6 is 11.6 Å². The number of aryl methyl sites for hydroxylation is 2. The first-order valence-electron chi connectivity index (χ1n) is 6.23. The smallest absolute Gasteiger partial charge is 0.257 e. The summed E-state index contributed by atoms with van der Waals surface area (Å²) in [7, 11) is 1.73. The van der Waals surface area contributed by atoms with Crippen LogP contribution in [0.15, 0.2) is 30.5 Å². The van der Waals surface area contributed by atoms with Crippen LogP contribution in [-0.2, 0) is 0 Å². The van der Waals surface area contributed by atoms with Gasteiger partial charge in [-0.15, -0.1) is 0 Å². The van der Waals surface area contributed by atoms with E-state index in [1.54, 1.807) is 13.1 Å². The predicted octanol–water partition coefficient (Wildman–Crippen LogP) is 3.65. The molecule has 0 aliphatic carbocycles. The number of carbonyl (C=O) groups is 1. The summed E-state index contributed by atoms with van der Waals surface area (Å²) in [6, 6.07) is 7.47. The van der Waals surface area contributed by atoms with Gasteiger partial charge < -0.3 is 10.6 Å². The van der Waals surface area contributed by atoms with Gasteiger partial charge in [-0.3, -0.25) is 4.79 Å². The summed E-state index contributed by atoms with van der Waals surface area (Å²) in [5, 5.41) is 6.17. The number of hydrogen-bond acceptors (Lipinski definition) is 3. The summed E-state index contributed by atoms with van der Waals surface area (Å²) in [6.07, 6.45) is 1.50. The molecule has 4 nitrogen and oxygen atoms in total. The maximum Gasteiger partial charge on any atom is 0.257 e. The Morgan fingerprint density at radius 1 is 1.25 bits per heavy atom. The van der Waals surface area contributed by atoms with E-state index in [1.165, 1.54) is 6.20 Å². The number of amides is 1. The molecule has 20 heavy (non-hydrogen) atoms. The topological polar surface area (TPSA) is 54.0 Å². The van der Waals surface area contributed by atoms with Gasteiger partial charge in [-0.2, -0.15) is 0 Å². The fraction of sp³-hybridized carbons (Fsp3) is 0.200. The maximum atomic E-state index is 12.2. The van der Waals surface area contributed by atoms with Gasteiger partial charge in [-0.25, -0.2) is 4.98 Å². The minimum atomic E-state index is -0.223. The van der Waals surface area contributed by atoms with Crippen LogP contribution in [0.1, 0.15) is 21.5 Å². The lowest BCUT2D eigenvalue weighted by atomic mass is 10.1. The van der Waals surface area contributed by atoms with E-state index in [0.29, 0.717) is 16.4 Å². The molecule has 1 amide bonds. The molecular weight excluding hydrogens is 274 g/mol. The maximum absolute atomic E-state index is 12.2. The number of hydrogen-bond donors (Lipinski definition) is 2. The molecule has 2 aromatic rings. The van der Waals surface area contributed by atoms with Crippen LogP contribution < -0.4 is 10.6 Å². The second-order valence-electron chi connectivity index (χ2n) is 4.53. The normalized spacial score (nSPS) is 10.2. The molecule has 0 saturated heterocycles. The standard InChI is InChI=1S/C15H16ClN3O/c1-9-5-4-6-10(2)13(9)19-15(20)11-7-12(16)14(17-3)18-8-11/h4-8H,1-3H3,(H,17,18)(H,19,20). The average Bonchev–Trinajstić information content (AvgIpc) is 2.42. The first kappa shape index (κ1) is 14.3. The van der Waals surface area contributed by atoms with E-state index >= 15 is 0 Å². The minimum absolute atomic E-state index is 0.223. The molecule has 1 aromatic carbocycles. The second-order valence-corrected chi connectivity index (χ2v) is 4.93. The molecule has 2 rings (SSSR count). The molecule has 104 valence electrons. The Morgan fingerprint density at radius 3 is 2.45 bits per heavy atom. The highest BCUT2D eigenvalue weighted by molar-refractivity contribution is 6.33. The number of nitrogens with one attached hydrogen (secondary N) is 2. The Bertz CT molecular complexity index is 635. The van der Waals surface area contributed by atoms with Gasteiger partial charge in [-0.1, -0.05) is 29.8 Å². The Hall–Kier alpha value is -2.07. The summed E-state index contributed by atoms with van der Waals surface area (Å²) in [4.78, 5) is 16.3. The quantitative estimate of drug-likeness (QED) is 0.907. The van der Waals surface area contributed by atoms with Crippen molar-refractivity contribution in [1.82, 2.24) is 4.98 Å². The highest BCUT2D eigenvalue weighted by Gasteiger charge is 2.12. The molecule has 2 N–H and O–H groups in total. The third-order valence-corrected chi connectivity index (χ3v) is 3.35. The van der Waals surface area contributed by atoms with Gasteiger partial charge in [0, 0.05) is 18.9 Å². The average molecular weight is 290 g/mol. The fourth-order valence-electron chi connectivity index (χ4n) is 1.94. The molecule has 0 saturated carbocycles. The number of halogens is 1. The monoisotopic (exact) mass is 289 g/mol. The number of anilines is 2. The zero-order chi connectivity index (χ0) is 14.7. The van der Waals surface area contributed by atoms with E-state index in [2.05, 4.69) is 15.6 Å². The van der Waals surface area contributed by atoms with Crippen molar-refractivity contribution in [2.45, 2.75) is 13.8 Å². The molecule has 5 heteroatoms. The van der Waals surface area contributed by atoms with Crippen molar-refractivity contribution in [3.8, 4) is 0 Å². The molecule has 0 spiro atoms. The van der Waals surface area contributed by atoms with Gasteiger partial charge >= 0.3 is 0 Å². The molecule has 0 fully saturated rings. The second kappa shape index (κ2) is 5.92. The van der Waals surface area contributed by atoms with Crippen LogP contribution in [0.3, 0.4) is 0 Å². The van der Waals surface area contributed by atoms with Gasteiger partial charge in [-0.05, 0) is 31.0 Å². The van der Waals surface area contributed by atoms with Crippen LogP contribution in [0, 0.1) is 13.8 Å². The van der Waals surface area contributed by atoms with Crippen molar-refractivity contribution in [1.29, 1.82) is 0 Å². The number of benzene rings is 1. The summed E-state index contributed by atoms with van der Waals surface area (Å²) in [5.41, 5.74) is 3.29. The van der Waals surface area contributed by atoms with Crippen molar-refractivity contribution in [3.05, 3.63) is 52.2 Å². The molecule has 0 unspecified atom stereocenters. The first-order chi connectivity index (χ1) is 9.52. The van der Waals surface area contributed by atoms with Gasteiger partial charge in [0.1, 0.15) is 5.82 Å². The molecule has 0 atom stereocenters. The highest BCUT2D eigenvalue weighted by atomic mass is 35.5. The minimum Gasteiger partial charge on any atom is -0.372 e. The van der Waals surface area contributed by atoms with Crippen LogP contribution in [0.5, 0.6) is 0 Å². The van der Waals surface area contributed by atoms with Gasteiger partial charge in [0.25, 0.3) is 5.91 Å². The molecule has 0 aliphatic rings. The van der Waals surface area contributed by atoms with Crippen LogP contribution in [0.2, 0.25) is 5.02 Å². The van der Waals surface area contributed by atoms with Gasteiger partial charge in [0.2, 0.25) is 0 Å². The SMILES string of the molecule is CNc1ncc(C(=O)Nc2c(C)cccc2C)cc1Cl. The van der Waals surface area contributed by atoms with Crippen LogP contribution in [-0.4, -0.2) is 17.9 Å². The van der Waals surface area contributed by atoms with Crippen molar-refractivity contribution in [2.75, 3.05) is 17.7 Å². The van der Waals surface area contributed by atoms with E-state index in [-0.39, 0.29) is 5.91 Å². The van der Waals surface area contributed by atoms with Gasteiger partial charge in [0.05, 0.1) is 10.6 Å². The lowest BCUT2D eigenvalue weighted by Crippen LogP contribution is -2.14. The van der Waals surface area contributed by atoms with Gasteiger partial charge in [0.15, 0.2) is 0 Å². The Labute approximate surface area is 123 Å².